The van der Waals surface area contributed by atoms with E-state index in [0.717, 1.165) is 53.3 Å². The van der Waals surface area contributed by atoms with Gasteiger partial charge in [-0.2, -0.15) is 0 Å². The van der Waals surface area contributed by atoms with E-state index < -0.39 is 0 Å². The van der Waals surface area contributed by atoms with Gasteiger partial charge in [-0.25, -0.2) is 15.0 Å². The van der Waals surface area contributed by atoms with Gasteiger partial charge < -0.3 is 15.1 Å². The zero-order valence-corrected chi connectivity index (χ0v) is 15.8. The summed E-state index contributed by atoms with van der Waals surface area (Å²) in [4.78, 5) is 30.7. The van der Waals surface area contributed by atoms with E-state index in [0.29, 0.717) is 13.1 Å². The van der Waals surface area contributed by atoms with Crippen molar-refractivity contribution in [1.82, 2.24) is 19.9 Å². The first-order chi connectivity index (χ1) is 12.1. The van der Waals surface area contributed by atoms with Crippen molar-refractivity contribution >= 4 is 28.2 Å². The molecule has 1 saturated heterocycles. The normalized spacial score (nSPS) is 14.7. The van der Waals surface area contributed by atoms with E-state index in [9.17, 15) is 4.79 Å². The van der Waals surface area contributed by atoms with E-state index in [1.54, 1.807) is 6.33 Å². The predicted molar refractivity (Wildman–Crippen MR) is 101 cm³/mol. The molecule has 25 heavy (non-hydrogen) atoms. The lowest BCUT2D eigenvalue weighted by Gasteiger charge is -2.35. The summed E-state index contributed by atoms with van der Waals surface area (Å²) in [5, 5.41) is 4.00. The number of nitrogens with one attached hydrogen (secondary N) is 1. The number of aromatic nitrogens is 3. The molecule has 1 fully saturated rings. The minimum Gasteiger partial charge on any atom is -0.362 e. The van der Waals surface area contributed by atoms with E-state index in [1.165, 1.54) is 11.3 Å². The number of amides is 1. The van der Waals surface area contributed by atoms with Crippen LogP contribution in [-0.4, -0.2) is 58.5 Å². The third-order valence-corrected chi connectivity index (χ3v) is 5.38. The van der Waals surface area contributed by atoms with Crippen molar-refractivity contribution in [2.75, 3.05) is 42.9 Å². The number of aryl methyl sites for hydroxylation is 2. The molecule has 0 spiro atoms. The summed E-state index contributed by atoms with van der Waals surface area (Å²) in [6, 6.07) is 2.04. The van der Waals surface area contributed by atoms with Gasteiger partial charge in [-0.05, 0) is 20.3 Å². The molecule has 2 aromatic rings. The minimum absolute atomic E-state index is 0.0794. The number of carbonyl (C=O) groups is 1. The van der Waals surface area contributed by atoms with Gasteiger partial charge in [-0.15, -0.1) is 0 Å². The van der Waals surface area contributed by atoms with E-state index >= 15 is 0 Å². The summed E-state index contributed by atoms with van der Waals surface area (Å²) < 4.78 is 0. The van der Waals surface area contributed by atoms with E-state index in [2.05, 4.69) is 32.1 Å². The summed E-state index contributed by atoms with van der Waals surface area (Å²) in [6.07, 6.45) is 2.52. The number of rotatable bonds is 5. The molecule has 1 aliphatic heterocycles. The highest BCUT2D eigenvalue weighted by molar-refractivity contribution is 7.17. The van der Waals surface area contributed by atoms with Gasteiger partial charge in [-0.3, -0.25) is 4.79 Å². The van der Waals surface area contributed by atoms with Crippen molar-refractivity contribution in [1.29, 1.82) is 0 Å². The molecule has 7 nitrogen and oxygen atoms in total. The molecular formula is C17H24N6OS. The maximum Gasteiger partial charge on any atom is 0.266 e. The van der Waals surface area contributed by atoms with E-state index in [-0.39, 0.29) is 5.91 Å². The summed E-state index contributed by atoms with van der Waals surface area (Å²) in [6.45, 7) is 9.76. The molecule has 0 aromatic carbocycles. The second-order valence-electron chi connectivity index (χ2n) is 5.96. The second kappa shape index (κ2) is 7.77. The molecule has 0 atom stereocenters. The van der Waals surface area contributed by atoms with Crippen molar-refractivity contribution in [3.8, 4) is 0 Å². The fourth-order valence-electron chi connectivity index (χ4n) is 2.86. The first kappa shape index (κ1) is 17.6. The molecule has 0 bridgehead atoms. The SMILES string of the molecule is CCNc1nc(C)c(C(=O)N2CCN(c3cc(CC)ncn3)CC2)s1. The zero-order valence-electron chi connectivity index (χ0n) is 14.9. The van der Waals surface area contributed by atoms with Gasteiger partial charge in [0.05, 0.1) is 5.69 Å². The average molecular weight is 360 g/mol. The highest BCUT2D eigenvalue weighted by atomic mass is 32.1. The Morgan fingerprint density at radius 3 is 2.68 bits per heavy atom. The Morgan fingerprint density at radius 1 is 1.24 bits per heavy atom. The Kier molecular flexibility index (Phi) is 5.47. The number of thiazole rings is 1. The second-order valence-corrected chi connectivity index (χ2v) is 6.96. The fraction of sp³-hybridized carbons (Fsp3) is 0.529. The molecule has 3 heterocycles. The van der Waals surface area contributed by atoms with Gasteiger partial charge in [0.1, 0.15) is 17.0 Å². The number of hydrogen-bond acceptors (Lipinski definition) is 7. The highest BCUT2D eigenvalue weighted by Crippen LogP contribution is 2.25. The third-order valence-electron chi connectivity index (χ3n) is 4.28. The Bertz CT molecular complexity index is 738. The molecule has 8 heteroatoms. The van der Waals surface area contributed by atoms with Crippen LogP contribution in [0.1, 0.15) is 34.9 Å². The first-order valence-electron chi connectivity index (χ1n) is 8.68. The van der Waals surface area contributed by atoms with Crippen LogP contribution < -0.4 is 10.2 Å². The topological polar surface area (TPSA) is 74.2 Å². The molecule has 1 aliphatic rings. The van der Waals surface area contributed by atoms with Crippen LogP contribution in [0.25, 0.3) is 0 Å². The smallest absolute Gasteiger partial charge is 0.266 e. The average Bonchev–Trinajstić information content (AvgIpc) is 3.02. The molecule has 0 unspecified atom stereocenters. The van der Waals surface area contributed by atoms with Gasteiger partial charge in [0.2, 0.25) is 0 Å². The van der Waals surface area contributed by atoms with Crippen LogP contribution in [0, 0.1) is 6.92 Å². The van der Waals surface area contributed by atoms with Crippen LogP contribution in [-0.2, 0) is 6.42 Å². The minimum atomic E-state index is 0.0794. The van der Waals surface area contributed by atoms with Crippen LogP contribution in [0.15, 0.2) is 12.4 Å². The van der Waals surface area contributed by atoms with Crippen LogP contribution in [0.4, 0.5) is 10.9 Å². The number of hydrogen-bond donors (Lipinski definition) is 1. The largest absolute Gasteiger partial charge is 0.362 e. The van der Waals surface area contributed by atoms with E-state index in [4.69, 9.17) is 0 Å². The summed E-state index contributed by atoms with van der Waals surface area (Å²) in [5.74, 6) is 1.03. The Morgan fingerprint density at radius 2 is 2.00 bits per heavy atom. The molecule has 0 aliphatic carbocycles. The number of piperazine rings is 1. The van der Waals surface area contributed by atoms with Crippen molar-refractivity contribution in [2.45, 2.75) is 27.2 Å². The molecule has 3 rings (SSSR count). The van der Waals surface area contributed by atoms with Gasteiger partial charge in [-0.1, -0.05) is 18.3 Å². The summed E-state index contributed by atoms with van der Waals surface area (Å²) >= 11 is 1.44. The Hall–Kier alpha value is -2.22. The van der Waals surface area contributed by atoms with Crippen molar-refractivity contribution in [3.05, 3.63) is 28.7 Å². The standard InChI is InChI=1S/C17H24N6OS/c1-4-13-10-14(20-11-19-13)22-6-8-23(9-7-22)16(24)15-12(3)21-17(25-15)18-5-2/h10-11H,4-9H2,1-3H3,(H,18,21). The van der Waals surface area contributed by atoms with Gasteiger partial charge in [0.25, 0.3) is 5.91 Å². The molecule has 1 N–H and O–H groups in total. The van der Waals surface area contributed by atoms with Crippen LogP contribution in [0.2, 0.25) is 0 Å². The predicted octanol–water partition coefficient (Wildman–Crippen LogP) is 2.20. The van der Waals surface area contributed by atoms with Gasteiger partial charge in [0, 0.05) is 44.5 Å². The highest BCUT2D eigenvalue weighted by Gasteiger charge is 2.26. The maximum absolute atomic E-state index is 12.8. The monoisotopic (exact) mass is 360 g/mol. The lowest BCUT2D eigenvalue weighted by atomic mass is 10.2. The van der Waals surface area contributed by atoms with Crippen LogP contribution in [0.5, 0.6) is 0 Å². The molecule has 1 amide bonds. The number of anilines is 2. The lowest BCUT2D eigenvalue weighted by molar-refractivity contribution is 0.0750. The molecule has 0 saturated carbocycles. The van der Waals surface area contributed by atoms with Crippen molar-refractivity contribution in [3.63, 3.8) is 0 Å². The van der Waals surface area contributed by atoms with Crippen molar-refractivity contribution < 1.29 is 4.79 Å². The van der Waals surface area contributed by atoms with Gasteiger partial charge >= 0.3 is 0 Å². The molecule has 134 valence electrons. The summed E-state index contributed by atoms with van der Waals surface area (Å²) in [7, 11) is 0. The lowest BCUT2D eigenvalue weighted by Crippen LogP contribution is -2.49. The molecular weight excluding hydrogens is 336 g/mol. The number of nitrogens with zero attached hydrogens (tertiary/aromatic N) is 5. The maximum atomic E-state index is 12.8. The quantitative estimate of drug-likeness (QED) is 0.881. The molecule has 2 aromatic heterocycles. The number of carbonyl (C=O) groups excluding carboxylic acids is 1. The summed E-state index contributed by atoms with van der Waals surface area (Å²) in [5.41, 5.74) is 1.84. The third kappa shape index (κ3) is 3.89. The Labute approximate surface area is 152 Å². The zero-order chi connectivity index (χ0) is 17.8. The Balaban J connectivity index is 1.64. The fourth-order valence-corrected chi connectivity index (χ4v) is 3.86. The van der Waals surface area contributed by atoms with Gasteiger partial charge in [0.15, 0.2) is 5.13 Å². The van der Waals surface area contributed by atoms with Crippen molar-refractivity contribution in [2.24, 2.45) is 0 Å². The molecule has 0 radical (unpaired) electrons. The van der Waals surface area contributed by atoms with Crippen LogP contribution in [0.3, 0.4) is 0 Å². The first-order valence-corrected chi connectivity index (χ1v) is 9.50. The van der Waals surface area contributed by atoms with Crippen LogP contribution >= 0.6 is 11.3 Å². The van der Waals surface area contributed by atoms with E-state index in [1.807, 2.05) is 24.8 Å².